The second-order valence-corrected chi connectivity index (χ2v) is 1.80. The summed E-state index contributed by atoms with van der Waals surface area (Å²) in [5.41, 5.74) is 0. The van der Waals surface area contributed by atoms with Gasteiger partial charge in [-0.2, -0.15) is 0 Å². The zero-order valence-corrected chi connectivity index (χ0v) is 32.6. The fraction of sp³-hybridized carbons (Fsp3) is 0.750. The van der Waals surface area contributed by atoms with E-state index in [2.05, 4.69) is 5.32 Å². The van der Waals surface area contributed by atoms with E-state index in [4.69, 9.17) is 0 Å². The van der Waals surface area contributed by atoms with E-state index < -0.39 is 0 Å². The van der Waals surface area contributed by atoms with Crippen molar-refractivity contribution in [2.24, 2.45) is 0 Å². The van der Waals surface area contributed by atoms with Crippen LogP contribution >= 0.6 is 0 Å². The van der Waals surface area contributed by atoms with Crippen LogP contribution in [0.1, 0.15) is 34.6 Å². The summed E-state index contributed by atoms with van der Waals surface area (Å²) in [5.74, 6) is 0.134. The summed E-state index contributed by atoms with van der Waals surface area (Å²) < 4.78 is 0. The van der Waals surface area contributed by atoms with Crippen LogP contribution < -0.4 is 0 Å². The number of Topliss-reactive ketones (excluding diaryl/α,β-unsaturated/α-hetero) is 1. The molecule has 0 rings (SSSR count). The number of carbonyl (C=O) groups is 2. The van der Waals surface area contributed by atoms with E-state index >= 15 is 0 Å². The van der Waals surface area contributed by atoms with Crippen molar-refractivity contribution in [2.75, 3.05) is 7.05 Å². The van der Waals surface area contributed by atoms with Crippen molar-refractivity contribution in [2.45, 2.75) is 34.6 Å². The maximum absolute atomic E-state index is 9.81. The second-order valence-electron chi connectivity index (χ2n) is 1.80. The smallest absolute Gasteiger partial charge is 0.129 e. The van der Waals surface area contributed by atoms with Gasteiger partial charge in [0, 0.05) is 266 Å². The van der Waals surface area contributed by atoms with Gasteiger partial charge in [-0.25, -0.2) is 0 Å². The first-order chi connectivity index (χ1) is 4.54. The normalized spacial score (nSPS) is 3.00. The number of ketones is 1. The first-order valence-corrected chi connectivity index (χ1v) is 3.14. The molecular weight excluding hydrogens is 1480 g/mol. The van der Waals surface area contributed by atoms with Gasteiger partial charge in [0.15, 0.2) is 0 Å². The number of hydrogen-bond donors (Lipinski definition) is 0. The molecule has 1 amide bonds. The molecule has 0 aromatic rings. The van der Waals surface area contributed by atoms with Gasteiger partial charge in [0.2, 0.25) is 0 Å². The van der Waals surface area contributed by atoms with Crippen LogP contribution in [0.5, 0.6) is 0 Å². The van der Waals surface area contributed by atoms with Crippen LogP contribution in [0.25, 0.3) is 5.32 Å². The van der Waals surface area contributed by atoms with Crippen molar-refractivity contribution in [3.63, 3.8) is 0 Å². The number of amides is 1. The molecule has 0 aliphatic heterocycles. The van der Waals surface area contributed by atoms with E-state index in [9.17, 15) is 9.59 Å². The van der Waals surface area contributed by atoms with Crippen molar-refractivity contribution in [1.82, 2.24) is 0 Å². The maximum atomic E-state index is 9.81. The van der Waals surface area contributed by atoms with Crippen LogP contribution in [-0.2, 0) is 263 Å². The van der Waals surface area contributed by atoms with E-state index in [-0.39, 0.29) is 272 Å². The molecule has 24 heavy (non-hydrogen) atoms. The molecule has 185 valence electrons. The molecule has 0 spiro atoms. The molecule has 0 fully saturated rings. The van der Waals surface area contributed by atoms with Gasteiger partial charge in [0.1, 0.15) is 5.78 Å². The molecule has 16 heteroatoms. The average Bonchev–Trinajstić information content (AvgIpc) is 1.89. The third-order valence-electron chi connectivity index (χ3n) is 0.813. The Morgan fingerprint density at radius 1 is 0.625 bits per heavy atom. The molecule has 0 bridgehead atoms. The number of hydrogen-bond acceptors (Lipinski definition) is 2. The molecule has 0 atom stereocenters. The summed E-state index contributed by atoms with van der Waals surface area (Å²) in [7, 11) is 1.47. The Hall–Kier alpha value is 7.24. The van der Waals surface area contributed by atoms with E-state index in [1.807, 2.05) is 6.92 Å². The molecule has 13 radical (unpaired) electrons. The summed E-state index contributed by atoms with van der Waals surface area (Å²) in [6, 6.07) is 0. The van der Waals surface area contributed by atoms with Crippen molar-refractivity contribution in [1.29, 1.82) is 0 Å². The fourth-order valence-electron chi connectivity index (χ4n) is 0. The first-order valence-electron chi connectivity index (χ1n) is 3.14. The Bertz CT molecular complexity index is 121. The minimum Gasteiger partial charge on any atom is -0.656 e. The molecule has 0 heterocycles. The monoisotopic (exact) mass is 1500 g/mol. The molecule has 0 unspecified atom stereocenters. The molecule has 0 aromatic carbocycles. The van der Waals surface area contributed by atoms with E-state index in [0.29, 0.717) is 6.42 Å². The van der Waals surface area contributed by atoms with Gasteiger partial charge < -0.3 is 14.9 Å². The fourth-order valence-corrected chi connectivity index (χ4v) is 0. The van der Waals surface area contributed by atoms with Gasteiger partial charge in [0.25, 0.3) is 0 Å². The van der Waals surface area contributed by atoms with Gasteiger partial charge in [-0.15, -0.1) is 7.05 Å². The predicted octanol–water partition coefficient (Wildman–Crippen LogP) is 2.13. The third-order valence-corrected chi connectivity index (χ3v) is 0.813. The zero-order valence-electron chi connectivity index (χ0n) is 11.3. The Morgan fingerprint density at radius 3 is 0.708 bits per heavy atom. The van der Waals surface area contributed by atoms with Crippen LogP contribution in [0.2, 0.25) is 0 Å². The zero-order chi connectivity index (χ0) is 8.57. The molecule has 0 aliphatic rings. The average molecular weight is 1500 g/mol. The van der Waals surface area contributed by atoms with Gasteiger partial charge >= 0.3 is 0 Å². The van der Waals surface area contributed by atoms with E-state index in [1.54, 1.807) is 6.92 Å². The minimum absolute atomic E-state index is 0. The molecule has 0 saturated heterocycles. The van der Waals surface area contributed by atoms with Gasteiger partial charge in [-0.1, -0.05) is 14.4 Å². The molecule has 0 aromatic heterocycles. The van der Waals surface area contributed by atoms with Crippen molar-refractivity contribution < 1.29 is 263 Å². The molecular formula is C8H18NO2Rh13-. The molecule has 3 nitrogen and oxygen atoms in total. The summed E-state index contributed by atoms with van der Waals surface area (Å²) in [6.45, 7) is 4.85. The third kappa shape index (κ3) is 185. The Morgan fingerprint density at radius 2 is 0.708 bits per heavy atom. The molecule has 0 N–H and O–H groups in total. The topological polar surface area (TPSA) is 48.2 Å². The van der Waals surface area contributed by atoms with Crippen LogP contribution in [0, 0.1) is 0 Å². The minimum atomic E-state index is -0.120. The van der Waals surface area contributed by atoms with Gasteiger partial charge in [-0.3, -0.25) is 0 Å². The second kappa shape index (κ2) is 111. The number of rotatable bonds is 1. The van der Waals surface area contributed by atoms with E-state index in [1.165, 1.54) is 14.0 Å². The predicted molar refractivity (Wildman–Crippen MR) is 47.7 cm³/mol. The van der Waals surface area contributed by atoms with Crippen LogP contribution in [0.15, 0.2) is 0 Å². The van der Waals surface area contributed by atoms with Crippen LogP contribution in [0.4, 0.5) is 0 Å². The van der Waals surface area contributed by atoms with Gasteiger partial charge in [-0.05, 0) is 13.8 Å². The molecule has 0 saturated carbocycles. The summed E-state index contributed by atoms with van der Waals surface area (Å²) in [6.07, 6.45) is 0.667. The summed E-state index contributed by atoms with van der Waals surface area (Å²) in [5, 5.41) is 3.25. The Labute approximate surface area is 315 Å². The van der Waals surface area contributed by atoms with E-state index in [0.717, 1.165) is 0 Å². The SMILES string of the molecule is C.CCC(C)=O.C[N-]C(C)=O.[Rh].[Rh].[Rh].[Rh].[Rh].[Rh].[Rh].[Rh].[Rh].[Rh].[Rh].[Rh].[Rh]. The quantitative estimate of drug-likeness (QED) is 0.379. The first kappa shape index (κ1) is 123. The Kier molecular flexibility index (Phi) is 570. The molecule has 0 aliphatic carbocycles. The summed E-state index contributed by atoms with van der Waals surface area (Å²) in [4.78, 5) is 19.5. The van der Waals surface area contributed by atoms with Crippen molar-refractivity contribution >= 4 is 11.7 Å². The maximum Gasteiger partial charge on any atom is 0.129 e. The van der Waals surface area contributed by atoms with Crippen LogP contribution in [0.3, 0.4) is 0 Å². The standard InChI is InChI=1S/C4H8O.C3H7NO.CH4.13Rh/c1-3-4(2)5;1-3(5)4-2;;;;;;;;;;;;;;/h3H2,1-2H3;1-2H3,(H,4,5);1H4;;;;;;;;;;;;;/p-1. The van der Waals surface area contributed by atoms with Gasteiger partial charge in [0.05, 0.1) is 0 Å². The van der Waals surface area contributed by atoms with Crippen LogP contribution in [-0.4, -0.2) is 18.7 Å². The Balaban J connectivity index is -0.00000000241. The van der Waals surface area contributed by atoms with Crippen molar-refractivity contribution in [3.05, 3.63) is 5.32 Å². The largest absolute Gasteiger partial charge is 0.656 e. The summed E-state index contributed by atoms with van der Waals surface area (Å²) >= 11 is 0. The number of carbonyl (C=O) groups excluding carboxylic acids is 2. The number of nitrogens with zero attached hydrogens (tertiary/aromatic N) is 1. The van der Waals surface area contributed by atoms with Crippen molar-refractivity contribution in [3.8, 4) is 0 Å².